The molecule has 3 aromatic carbocycles. The Bertz CT molecular complexity index is 1350. The Balaban J connectivity index is 1.44. The number of rotatable bonds is 6. The summed E-state index contributed by atoms with van der Waals surface area (Å²) in [6.45, 7) is 7.99. The number of aryl methyl sites for hydroxylation is 1. The van der Waals surface area contributed by atoms with Crippen molar-refractivity contribution in [3.05, 3.63) is 72.4 Å². The first-order valence-corrected chi connectivity index (χ1v) is 12.1. The van der Waals surface area contributed by atoms with Gasteiger partial charge >= 0.3 is 0 Å². The number of benzene rings is 3. The van der Waals surface area contributed by atoms with Crippen LogP contribution in [0.1, 0.15) is 18.9 Å². The fourth-order valence-corrected chi connectivity index (χ4v) is 4.43. The van der Waals surface area contributed by atoms with Crippen molar-refractivity contribution in [3.8, 4) is 11.1 Å². The number of piperazine rings is 1. The number of carbonyl (C=O) groups excluding carboxylic acids is 1. The van der Waals surface area contributed by atoms with Gasteiger partial charge < -0.3 is 20.9 Å². The summed E-state index contributed by atoms with van der Waals surface area (Å²) in [6, 6.07) is 20.5. The van der Waals surface area contributed by atoms with Gasteiger partial charge in [-0.15, -0.1) is 0 Å². The average molecular weight is 467 g/mol. The van der Waals surface area contributed by atoms with Crippen molar-refractivity contribution in [2.75, 3.05) is 41.7 Å². The summed E-state index contributed by atoms with van der Waals surface area (Å²) in [5.41, 5.74) is 6.98. The number of nitrogens with zero attached hydrogens (tertiary/aromatic N) is 3. The maximum atomic E-state index is 11.9. The number of hydrogen-bond acceptors (Lipinski definition) is 6. The Labute approximate surface area is 205 Å². The van der Waals surface area contributed by atoms with E-state index in [9.17, 15) is 4.79 Å². The topological polar surface area (TPSA) is 82.2 Å². The number of amides is 1. The molecule has 3 N–H and O–H groups in total. The van der Waals surface area contributed by atoms with Crippen LogP contribution < -0.4 is 20.9 Å². The van der Waals surface area contributed by atoms with Crippen LogP contribution in [0.2, 0.25) is 0 Å². The van der Waals surface area contributed by atoms with Crippen molar-refractivity contribution >= 4 is 39.8 Å². The molecule has 0 unspecified atom stereocenters. The fourth-order valence-electron chi connectivity index (χ4n) is 4.43. The van der Waals surface area contributed by atoms with Gasteiger partial charge in [-0.3, -0.25) is 4.79 Å². The van der Waals surface area contributed by atoms with Crippen molar-refractivity contribution in [1.82, 2.24) is 15.3 Å². The SMILES string of the molecule is CCC(=O)Nc1cccc(-c2c(C)ccc3cnc(Nc4ccc(N5CCNCC5)cc4)nc23)c1. The smallest absolute Gasteiger partial charge is 0.227 e. The summed E-state index contributed by atoms with van der Waals surface area (Å²) in [5, 5.41) is 10.7. The number of nitrogens with one attached hydrogen (secondary N) is 3. The van der Waals surface area contributed by atoms with E-state index in [1.807, 2.05) is 43.5 Å². The minimum Gasteiger partial charge on any atom is -0.369 e. The third-order valence-electron chi connectivity index (χ3n) is 6.32. The first kappa shape index (κ1) is 22.8. The highest BCUT2D eigenvalue weighted by Gasteiger charge is 2.13. The molecule has 7 heteroatoms. The fraction of sp³-hybridized carbons (Fsp3) is 0.250. The molecule has 178 valence electrons. The Morgan fingerprint density at radius 3 is 2.60 bits per heavy atom. The van der Waals surface area contributed by atoms with Crippen molar-refractivity contribution in [2.45, 2.75) is 20.3 Å². The predicted molar refractivity (Wildman–Crippen MR) is 143 cm³/mol. The standard InChI is InChI=1S/C28H30N6O/c1-3-25(35)31-23-6-4-5-20(17-23)26-19(2)7-8-21-18-30-28(33-27(21)26)32-22-9-11-24(12-10-22)34-15-13-29-14-16-34/h4-12,17-18,29H,3,13-16H2,1-2H3,(H,31,35)(H,30,32,33). The molecule has 1 saturated heterocycles. The summed E-state index contributed by atoms with van der Waals surface area (Å²) in [6.07, 6.45) is 2.29. The van der Waals surface area contributed by atoms with E-state index in [0.717, 1.165) is 65.1 Å². The van der Waals surface area contributed by atoms with Crippen molar-refractivity contribution in [3.63, 3.8) is 0 Å². The van der Waals surface area contributed by atoms with E-state index < -0.39 is 0 Å². The second kappa shape index (κ2) is 10.1. The molecule has 1 amide bonds. The Kier molecular flexibility index (Phi) is 6.59. The zero-order valence-corrected chi connectivity index (χ0v) is 20.1. The highest BCUT2D eigenvalue weighted by atomic mass is 16.1. The number of anilines is 4. The summed E-state index contributed by atoms with van der Waals surface area (Å²) in [7, 11) is 0. The lowest BCUT2D eigenvalue weighted by Crippen LogP contribution is -2.43. The van der Waals surface area contributed by atoms with Crippen LogP contribution in [0.4, 0.5) is 23.0 Å². The van der Waals surface area contributed by atoms with Gasteiger partial charge in [-0.25, -0.2) is 9.97 Å². The largest absolute Gasteiger partial charge is 0.369 e. The highest BCUT2D eigenvalue weighted by molar-refractivity contribution is 5.97. The molecular formula is C28H30N6O. The Hall–Kier alpha value is -3.97. The molecule has 0 saturated carbocycles. The van der Waals surface area contributed by atoms with E-state index in [4.69, 9.17) is 4.98 Å². The number of aromatic nitrogens is 2. The minimum atomic E-state index is -0.00595. The Morgan fingerprint density at radius 1 is 1.03 bits per heavy atom. The number of fused-ring (bicyclic) bond motifs is 1. The maximum absolute atomic E-state index is 11.9. The minimum absolute atomic E-state index is 0.00595. The van der Waals surface area contributed by atoms with Crippen molar-refractivity contribution in [1.29, 1.82) is 0 Å². The third-order valence-corrected chi connectivity index (χ3v) is 6.32. The highest BCUT2D eigenvalue weighted by Crippen LogP contribution is 2.33. The zero-order valence-electron chi connectivity index (χ0n) is 20.1. The molecule has 4 aromatic rings. The average Bonchev–Trinajstić information content (AvgIpc) is 2.89. The lowest BCUT2D eigenvalue weighted by molar-refractivity contribution is -0.115. The molecule has 5 rings (SSSR count). The van der Waals surface area contributed by atoms with Gasteiger partial charge in [-0.2, -0.15) is 0 Å². The summed E-state index contributed by atoms with van der Waals surface area (Å²) < 4.78 is 0. The molecular weight excluding hydrogens is 436 g/mol. The van der Waals surface area contributed by atoms with E-state index in [1.165, 1.54) is 5.69 Å². The number of carbonyl (C=O) groups is 1. The van der Waals surface area contributed by atoms with Crippen molar-refractivity contribution < 1.29 is 4.79 Å². The molecule has 0 atom stereocenters. The van der Waals surface area contributed by atoms with Gasteiger partial charge in [0.25, 0.3) is 0 Å². The first-order valence-electron chi connectivity index (χ1n) is 12.1. The van der Waals surface area contributed by atoms with Gasteiger partial charge in [0.15, 0.2) is 0 Å². The summed E-state index contributed by atoms with van der Waals surface area (Å²) in [5.74, 6) is 0.545. The van der Waals surface area contributed by atoms with Crippen LogP contribution in [-0.2, 0) is 4.79 Å². The van der Waals surface area contributed by atoms with Gasteiger partial charge in [-0.05, 0) is 54.4 Å². The second-order valence-electron chi connectivity index (χ2n) is 8.78. The predicted octanol–water partition coefficient (Wildman–Crippen LogP) is 5.11. The summed E-state index contributed by atoms with van der Waals surface area (Å²) >= 11 is 0. The molecule has 0 aliphatic carbocycles. The second-order valence-corrected chi connectivity index (χ2v) is 8.78. The lowest BCUT2D eigenvalue weighted by atomic mass is 9.97. The van der Waals surface area contributed by atoms with Crippen LogP contribution in [0.5, 0.6) is 0 Å². The molecule has 1 aromatic heterocycles. The van der Waals surface area contributed by atoms with Gasteiger partial charge in [0.2, 0.25) is 11.9 Å². The van der Waals surface area contributed by atoms with Gasteiger partial charge in [0.05, 0.1) is 5.52 Å². The Morgan fingerprint density at radius 2 is 1.83 bits per heavy atom. The summed E-state index contributed by atoms with van der Waals surface area (Å²) in [4.78, 5) is 23.7. The molecule has 0 radical (unpaired) electrons. The molecule has 2 heterocycles. The van der Waals surface area contributed by atoms with E-state index in [1.54, 1.807) is 0 Å². The van der Waals surface area contributed by atoms with E-state index in [0.29, 0.717) is 12.4 Å². The molecule has 1 fully saturated rings. The quantitative estimate of drug-likeness (QED) is 0.366. The first-order chi connectivity index (χ1) is 17.1. The van der Waals surface area contributed by atoms with E-state index >= 15 is 0 Å². The third kappa shape index (κ3) is 5.10. The van der Waals surface area contributed by atoms with Crippen molar-refractivity contribution in [2.24, 2.45) is 0 Å². The van der Waals surface area contributed by atoms with Crippen LogP contribution in [0.25, 0.3) is 22.0 Å². The molecule has 0 spiro atoms. The molecule has 1 aliphatic rings. The van der Waals surface area contributed by atoms with Crippen LogP contribution in [0, 0.1) is 6.92 Å². The normalized spacial score (nSPS) is 13.6. The van der Waals surface area contributed by atoms with E-state index in [-0.39, 0.29) is 5.91 Å². The van der Waals surface area contributed by atoms with Gasteiger partial charge in [-0.1, -0.05) is 31.2 Å². The van der Waals surface area contributed by atoms with Crippen LogP contribution >= 0.6 is 0 Å². The van der Waals surface area contributed by atoms with Gasteiger partial charge in [0, 0.05) is 66.8 Å². The lowest BCUT2D eigenvalue weighted by Gasteiger charge is -2.29. The molecule has 0 bridgehead atoms. The molecule has 1 aliphatic heterocycles. The monoisotopic (exact) mass is 466 g/mol. The van der Waals surface area contributed by atoms with Gasteiger partial charge in [0.1, 0.15) is 0 Å². The van der Waals surface area contributed by atoms with Crippen LogP contribution in [0.15, 0.2) is 66.9 Å². The molecule has 7 nitrogen and oxygen atoms in total. The van der Waals surface area contributed by atoms with Crippen LogP contribution in [-0.4, -0.2) is 42.1 Å². The number of hydrogen-bond donors (Lipinski definition) is 3. The maximum Gasteiger partial charge on any atom is 0.227 e. The molecule has 35 heavy (non-hydrogen) atoms. The van der Waals surface area contributed by atoms with E-state index in [2.05, 4.69) is 63.1 Å². The zero-order chi connectivity index (χ0) is 24.2. The van der Waals surface area contributed by atoms with Crippen LogP contribution in [0.3, 0.4) is 0 Å².